The van der Waals surface area contributed by atoms with Crippen LogP contribution in [0.5, 0.6) is 0 Å². The Balaban J connectivity index is 1.44. The van der Waals surface area contributed by atoms with Crippen LogP contribution in [0.3, 0.4) is 0 Å². The van der Waals surface area contributed by atoms with Crippen LogP contribution in [0.2, 0.25) is 0 Å². The normalized spacial score (nSPS) is 23.1. The average Bonchev–Trinajstić information content (AvgIpc) is 3.36. The molecule has 0 amide bonds. The molecule has 1 saturated carbocycles. The van der Waals surface area contributed by atoms with E-state index in [0.717, 1.165) is 42.5 Å². The summed E-state index contributed by atoms with van der Waals surface area (Å²) in [5, 5.41) is 3.16. The summed E-state index contributed by atoms with van der Waals surface area (Å²) in [4.78, 5) is 25.4. The first-order chi connectivity index (χ1) is 15.0. The second-order valence-corrected chi connectivity index (χ2v) is 8.29. The molecule has 0 spiro atoms. The van der Waals surface area contributed by atoms with Crippen molar-refractivity contribution in [3.05, 3.63) is 40.7 Å². The molecule has 31 heavy (non-hydrogen) atoms. The maximum Gasteiger partial charge on any atom is 0.326 e. The standard InChI is InChI=1S/C21H27FN8O/c1-3-30(17-6-4-5-15-13(17)10-24-28-15)19-14(22)11-23-20(27-19)25-12-7-8-16-18(9-12)29(2)21(31)26-16/h7-9,11,13,15,17,24,28H,3-6,10H2,1-2H3,(H,26,31)(H,23,25,27). The first-order valence-electron chi connectivity index (χ1n) is 10.8. The van der Waals surface area contributed by atoms with Crippen molar-refractivity contribution in [3.8, 4) is 0 Å². The van der Waals surface area contributed by atoms with E-state index in [2.05, 4.69) is 36.0 Å². The Kier molecular flexibility index (Phi) is 5.11. The first kappa shape index (κ1) is 20.0. The molecule has 164 valence electrons. The van der Waals surface area contributed by atoms with Gasteiger partial charge in [0.1, 0.15) is 0 Å². The van der Waals surface area contributed by atoms with Gasteiger partial charge in [-0.15, -0.1) is 0 Å². The summed E-state index contributed by atoms with van der Waals surface area (Å²) < 4.78 is 16.4. The maximum atomic E-state index is 14.8. The third-order valence-corrected chi connectivity index (χ3v) is 6.55. The summed E-state index contributed by atoms with van der Waals surface area (Å²) in [6.07, 6.45) is 4.48. The van der Waals surface area contributed by atoms with Crippen molar-refractivity contribution in [1.82, 2.24) is 30.4 Å². The van der Waals surface area contributed by atoms with Crippen LogP contribution in [-0.4, -0.2) is 44.7 Å². The lowest BCUT2D eigenvalue weighted by Crippen LogP contribution is -2.49. The molecular weight excluding hydrogens is 399 g/mol. The van der Waals surface area contributed by atoms with Gasteiger partial charge in [0.15, 0.2) is 11.6 Å². The Hall–Kier alpha value is -2.98. The number of aromatic amines is 1. The number of aryl methyl sites for hydroxylation is 1. The van der Waals surface area contributed by atoms with Gasteiger partial charge >= 0.3 is 5.69 Å². The highest BCUT2D eigenvalue weighted by atomic mass is 19.1. The molecule has 3 aromatic rings. The zero-order valence-corrected chi connectivity index (χ0v) is 17.7. The number of rotatable bonds is 5. The SMILES string of the molecule is CCN(c1nc(Nc2ccc3[nH]c(=O)n(C)c3c2)ncc1F)C1CCCC2NNCC21. The molecule has 2 fully saturated rings. The molecule has 10 heteroatoms. The summed E-state index contributed by atoms with van der Waals surface area (Å²) in [5.74, 6) is 0.645. The van der Waals surface area contributed by atoms with Crippen LogP contribution in [0.15, 0.2) is 29.2 Å². The van der Waals surface area contributed by atoms with Gasteiger partial charge in [0.05, 0.1) is 17.2 Å². The average molecular weight is 427 g/mol. The lowest BCUT2D eigenvalue weighted by molar-refractivity contribution is 0.278. The molecule has 0 radical (unpaired) electrons. The van der Waals surface area contributed by atoms with Crippen LogP contribution in [0.1, 0.15) is 26.2 Å². The molecule has 3 unspecified atom stereocenters. The summed E-state index contributed by atoms with van der Waals surface area (Å²) in [6.45, 7) is 3.58. The largest absolute Gasteiger partial charge is 0.351 e. The first-order valence-corrected chi connectivity index (χ1v) is 10.8. The second-order valence-electron chi connectivity index (χ2n) is 8.29. The number of hydrogen-bond donors (Lipinski definition) is 4. The third-order valence-electron chi connectivity index (χ3n) is 6.55. The highest BCUT2D eigenvalue weighted by Crippen LogP contribution is 2.34. The van der Waals surface area contributed by atoms with Crippen LogP contribution in [-0.2, 0) is 7.05 Å². The van der Waals surface area contributed by atoms with Crippen molar-refractivity contribution < 1.29 is 4.39 Å². The number of halogens is 1. The predicted molar refractivity (Wildman–Crippen MR) is 118 cm³/mol. The number of anilines is 3. The van der Waals surface area contributed by atoms with Gasteiger partial charge in [-0.3, -0.25) is 15.4 Å². The van der Waals surface area contributed by atoms with Crippen LogP contribution in [0, 0.1) is 11.7 Å². The van der Waals surface area contributed by atoms with Crippen molar-refractivity contribution in [2.24, 2.45) is 13.0 Å². The number of H-pyrrole nitrogens is 1. The quantitative estimate of drug-likeness (QED) is 0.495. The molecule has 5 rings (SSSR count). The number of hydrogen-bond acceptors (Lipinski definition) is 7. The van der Waals surface area contributed by atoms with E-state index in [1.807, 2.05) is 25.1 Å². The van der Waals surface area contributed by atoms with E-state index < -0.39 is 5.82 Å². The number of nitrogens with zero attached hydrogens (tertiary/aromatic N) is 4. The van der Waals surface area contributed by atoms with Gasteiger partial charge in [0.25, 0.3) is 0 Å². The van der Waals surface area contributed by atoms with Crippen LogP contribution in [0.25, 0.3) is 11.0 Å². The van der Waals surface area contributed by atoms with Gasteiger partial charge < -0.3 is 15.2 Å². The minimum absolute atomic E-state index is 0.173. The summed E-state index contributed by atoms with van der Waals surface area (Å²) >= 11 is 0. The van der Waals surface area contributed by atoms with Crippen molar-refractivity contribution in [3.63, 3.8) is 0 Å². The smallest absolute Gasteiger partial charge is 0.326 e. The molecule has 0 bridgehead atoms. The van der Waals surface area contributed by atoms with E-state index in [1.54, 1.807) is 11.6 Å². The molecule has 2 aliphatic rings. The fourth-order valence-electron chi connectivity index (χ4n) is 4.99. The molecule has 2 aromatic heterocycles. The molecule has 1 aliphatic carbocycles. The van der Waals surface area contributed by atoms with Gasteiger partial charge in [-0.05, 0) is 44.4 Å². The topological polar surface area (TPSA) is 103 Å². The molecule has 3 atom stereocenters. The molecule has 4 N–H and O–H groups in total. The van der Waals surface area contributed by atoms with E-state index in [0.29, 0.717) is 30.3 Å². The Bertz CT molecular complexity index is 1160. The van der Waals surface area contributed by atoms with Crippen LogP contribution < -0.4 is 26.8 Å². The van der Waals surface area contributed by atoms with E-state index in [4.69, 9.17) is 0 Å². The number of hydrazine groups is 1. The Labute approximate surface area is 179 Å². The third kappa shape index (κ3) is 3.55. The highest BCUT2D eigenvalue weighted by Gasteiger charge is 2.40. The number of fused-ring (bicyclic) bond motifs is 2. The molecule has 9 nitrogen and oxygen atoms in total. The predicted octanol–water partition coefficient (Wildman–Crippen LogP) is 2.01. The van der Waals surface area contributed by atoms with Gasteiger partial charge in [-0.1, -0.05) is 0 Å². The fourth-order valence-corrected chi connectivity index (χ4v) is 4.99. The van der Waals surface area contributed by atoms with E-state index in [9.17, 15) is 9.18 Å². The second kappa shape index (κ2) is 7.93. The summed E-state index contributed by atoms with van der Waals surface area (Å²) in [5.41, 5.74) is 8.69. The molecule has 1 saturated heterocycles. The lowest BCUT2D eigenvalue weighted by Gasteiger charge is -2.40. The molecule has 1 aromatic carbocycles. The van der Waals surface area contributed by atoms with Crippen LogP contribution in [0.4, 0.5) is 21.8 Å². The highest BCUT2D eigenvalue weighted by molar-refractivity contribution is 5.80. The van der Waals surface area contributed by atoms with Gasteiger partial charge in [-0.2, -0.15) is 4.98 Å². The zero-order valence-electron chi connectivity index (χ0n) is 17.7. The van der Waals surface area contributed by atoms with Crippen molar-refractivity contribution >= 4 is 28.5 Å². The molecule has 3 heterocycles. The number of benzene rings is 1. The fraction of sp³-hybridized carbons (Fsp3) is 0.476. The van der Waals surface area contributed by atoms with Gasteiger partial charge in [0, 0.05) is 43.8 Å². The summed E-state index contributed by atoms with van der Waals surface area (Å²) in [6, 6.07) is 6.14. The number of nitrogens with one attached hydrogen (secondary N) is 4. The minimum atomic E-state index is -0.420. The van der Waals surface area contributed by atoms with Crippen molar-refractivity contribution in [2.75, 3.05) is 23.3 Å². The molecule has 1 aliphatic heterocycles. The minimum Gasteiger partial charge on any atom is -0.351 e. The Morgan fingerprint density at radius 2 is 2.23 bits per heavy atom. The van der Waals surface area contributed by atoms with E-state index in [-0.39, 0.29) is 11.7 Å². The Morgan fingerprint density at radius 3 is 3.06 bits per heavy atom. The van der Waals surface area contributed by atoms with Gasteiger partial charge in [-0.25, -0.2) is 14.2 Å². The van der Waals surface area contributed by atoms with Gasteiger partial charge in [0.2, 0.25) is 5.95 Å². The van der Waals surface area contributed by atoms with E-state index in [1.165, 1.54) is 6.20 Å². The zero-order chi connectivity index (χ0) is 21.5. The van der Waals surface area contributed by atoms with Crippen LogP contribution >= 0.6 is 0 Å². The van der Waals surface area contributed by atoms with E-state index >= 15 is 0 Å². The lowest BCUT2D eigenvalue weighted by atomic mass is 9.81. The molecular formula is C21H27FN8O. The monoisotopic (exact) mass is 426 g/mol. The Morgan fingerprint density at radius 1 is 1.35 bits per heavy atom. The maximum absolute atomic E-state index is 14.8. The van der Waals surface area contributed by atoms with Crippen molar-refractivity contribution in [1.29, 1.82) is 0 Å². The summed E-state index contributed by atoms with van der Waals surface area (Å²) in [7, 11) is 1.71. The number of imidazole rings is 1. The van der Waals surface area contributed by atoms with Crippen molar-refractivity contribution in [2.45, 2.75) is 38.3 Å². The number of aromatic nitrogens is 4.